The molecule has 3 aromatic carbocycles. The van der Waals surface area contributed by atoms with E-state index in [2.05, 4.69) is 93.7 Å². The molecule has 0 spiro atoms. The molecule has 0 bridgehead atoms. The minimum atomic E-state index is -0.119. The highest BCUT2D eigenvalue weighted by atomic mass is 16.5. The van der Waals surface area contributed by atoms with Crippen LogP contribution in [0, 0.1) is 6.92 Å². The second kappa shape index (κ2) is 6.00. The zero-order chi connectivity index (χ0) is 19.5. The zero-order valence-corrected chi connectivity index (χ0v) is 16.8. The Kier molecular flexibility index (Phi) is 3.67. The quantitative estimate of drug-likeness (QED) is 0.513. The van der Waals surface area contributed by atoms with Crippen LogP contribution in [0.2, 0.25) is 0 Å². The molecule has 2 aliphatic heterocycles. The van der Waals surface area contributed by atoms with E-state index in [1.807, 2.05) is 6.07 Å². The standard InChI is InChI=1S/C26H25NO/c1-16-8-7-9-18(14-16)25-24-20(19-10-5-6-11-22(19)28-25)12-13-21-23(24)17(2)15-26(3,4)27-21/h5-15,25,27H,1-4H3. The van der Waals surface area contributed by atoms with Gasteiger partial charge in [0.15, 0.2) is 6.10 Å². The Morgan fingerprint density at radius 3 is 2.54 bits per heavy atom. The Bertz CT molecular complexity index is 1120. The van der Waals surface area contributed by atoms with Crippen LogP contribution in [-0.2, 0) is 0 Å². The van der Waals surface area contributed by atoms with Crippen molar-refractivity contribution in [2.45, 2.75) is 39.3 Å². The van der Waals surface area contributed by atoms with Crippen molar-refractivity contribution < 1.29 is 4.74 Å². The molecule has 0 amide bonds. The number of anilines is 1. The Balaban J connectivity index is 1.81. The van der Waals surface area contributed by atoms with Crippen LogP contribution >= 0.6 is 0 Å². The van der Waals surface area contributed by atoms with Gasteiger partial charge in [-0.2, -0.15) is 0 Å². The first kappa shape index (κ1) is 17.1. The van der Waals surface area contributed by atoms with Crippen LogP contribution in [-0.4, -0.2) is 5.54 Å². The van der Waals surface area contributed by atoms with Crippen LogP contribution < -0.4 is 10.1 Å². The lowest BCUT2D eigenvalue weighted by Crippen LogP contribution is -2.32. The summed E-state index contributed by atoms with van der Waals surface area (Å²) < 4.78 is 6.61. The molecular formula is C26H25NO. The molecule has 2 aliphatic rings. The maximum Gasteiger partial charge on any atom is 0.150 e. The molecule has 1 unspecified atom stereocenters. The lowest BCUT2D eigenvalue weighted by molar-refractivity contribution is 0.243. The minimum Gasteiger partial charge on any atom is -0.480 e. The van der Waals surface area contributed by atoms with Crippen LogP contribution in [0.15, 0.2) is 66.7 Å². The Labute approximate surface area is 166 Å². The van der Waals surface area contributed by atoms with Crippen molar-refractivity contribution in [3.8, 4) is 16.9 Å². The van der Waals surface area contributed by atoms with Gasteiger partial charge in [-0.3, -0.25) is 0 Å². The topological polar surface area (TPSA) is 21.3 Å². The van der Waals surface area contributed by atoms with Crippen molar-refractivity contribution in [2.24, 2.45) is 0 Å². The third kappa shape index (κ3) is 2.63. The predicted octanol–water partition coefficient (Wildman–Crippen LogP) is 6.75. The van der Waals surface area contributed by atoms with Gasteiger partial charge in [0.2, 0.25) is 0 Å². The van der Waals surface area contributed by atoms with Gasteiger partial charge in [0.25, 0.3) is 0 Å². The molecule has 0 radical (unpaired) electrons. The highest BCUT2D eigenvalue weighted by Gasteiger charge is 2.34. The van der Waals surface area contributed by atoms with Crippen molar-refractivity contribution in [2.75, 3.05) is 5.32 Å². The summed E-state index contributed by atoms with van der Waals surface area (Å²) in [6, 6.07) is 21.5. The lowest BCUT2D eigenvalue weighted by Gasteiger charge is -2.37. The predicted molar refractivity (Wildman–Crippen MR) is 117 cm³/mol. The first-order valence-electron chi connectivity index (χ1n) is 9.90. The fourth-order valence-electron chi connectivity index (χ4n) is 4.70. The molecule has 0 saturated heterocycles. The van der Waals surface area contributed by atoms with Gasteiger partial charge in [-0.25, -0.2) is 0 Å². The molecule has 1 atom stereocenters. The van der Waals surface area contributed by atoms with E-state index in [4.69, 9.17) is 4.74 Å². The Morgan fingerprint density at radius 1 is 0.893 bits per heavy atom. The molecule has 2 nitrogen and oxygen atoms in total. The van der Waals surface area contributed by atoms with Crippen LogP contribution in [0.4, 0.5) is 5.69 Å². The number of nitrogens with one attached hydrogen (secondary N) is 1. The molecule has 2 heteroatoms. The maximum atomic E-state index is 6.61. The van der Waals surface area contributed by atoms with E-state index < -0.39 is 0 Å². The number of benzene rings is 3. The van der Waals surface area contributed by atoms with E-state index in [1.165, 1.54) is 44.6 Å². The molecule has 5 rings (SSSR count). The number of fused-ring (bicyclic) bond motifs is 5. The maximum absolute atomic E-state index is 6.61. The first-order valence-corrected chi connectivity index (χ1v) is 9.90. The molecule has 2 heterocycles. The van der Waals surface area contributed by atoms with Crippen LogP contribution in [0.5, 0.6) is 5.75 Å². The Hall–Kier alpha value is -3.00. The molecule has 28 heavy (non-hydrogen) atoms. The van der Waals surface area contributed by atoms with Gasteiger partial charge in [-0.1, -0.05) is 60.2 Å². The summed E-state index contributed by atoms with van der Waals surface area (Å²) in [5, 5.41) is 3.69. The van der Waals surface area contributed by atoms with E-state index in [0.717, 1.165) is 5.75 Å². The van der Waals surface area contributed by atoms with Crippen LogP contribution in [0.3, 0.4) is 0 Å². The van der Waals surface area contributed by atoms with Crippen molar-refractivity contribution in [3.63, 3.8) is 0 Å². The number of allylic oxidation sites excluding steroid dienone is 1. The third-order valence-corrected chi connectivity index (χ3v) is 5.70. The van der Waals surface area contributed by atoms with E-state index in [-0.39, 0.29) is 11.6 Å². The van der Waals surface area contributed by atoms with Gasteiger partial charge in [-0.05, 0) is 56.5 Å². The van der Waals surface area contributed by atoms with Gasteiger partial charge < -0.3 is 10.1 Å². The molecule has 0 aliphatic carbocycles. The van der Waals surface area contributed by atoms with Crippen LogP contribution in [0.1, 0.15) is 49.1 Å². The number of para-hydroxylation sites is 1. The largest absolute Gasteiger partial charge is 0.480 e. The lowest BCUT2D eigenvalue weighted by atomic mass is 9.80. The van der Waals surface area contributed by atoms with E-state index in [0.29, 0.717) is 0 Å². The molecule has 140 valence electrons. The highest BCUT2D eigenvalue weighted by Crippen LogP contribution is 2.50. The number of ether oxygens (including phenoxy) is 1. The van der Waals surface area contributed by atoms with Gasteiger partial charge in [0, 0.05) is 22.4 Å². The number of aryl methyl sites for hydroxylation is 1. The fourth-order valence-corrected chi connectivity index (χ4v) is 4.70. The zero-order valence-electron chi connectivity index (χ0n) is 16.8. The molecule has 3 aromatic rings. The van der Waals surface area contributed by atoms with Gasteiger partial charge in [0.05, 0.1) is 5.54 Å². The van der Waals surface area contributed by atoms with Crippen molar-refractivity contribution in [1.82, 2.24) is 0 Å². The average molecular weight is 367 g/mol. The summed E-state index contributed by atoms with van der Waals surface area (Å²) in [5.74, 6) is 0.951. The van der Waals surface area contributed by atoms with Crippen molar-refractivity contribution >= 4 is 11.3 Å². The average Bonchev–Trinajstić information content (AvgIpc) is 2.65. The molecule has 0 aromatic heterocycles. The summed E-state index contributed by atoms with van der Waals surface area (Å²) in [6.07, 6.45) is 2.20. The summed E-state index contributed by atoms with van der Waals surface area (Å²) in [7, 11) is 0. The second-order valence-corrected chi connectivity index (χ2v) is 8.53. The number of hydrogen-bond acceptors (Lipinski definition) is 2. The summed E-state index contributed by atoms with van der Waals surface area (Å²) in [4.78, 5) is 0. The third-order valence-electron chi connectivity index (χ3n) is 5.70. The smallest absolute Gasteiger partial charge is 0.150 e. The van der Waals surface area contributed by atoms with Gasteiger partial charge >= 0.3 is 0 Å². The normalized spacial score (nSPS) is 18.7. The molecule has 1 N–H and O–H groups in total. The molecule has 0 saturated carbocycles. The minimum absolute atomic E-state index is 0.0580. The van der Waals surface area contributed by atoms with Crippen LogP contribution in [0.25, 0.3) is 16.7 Å². The number of rotatable bonds is 1. The summed E-state index contributed by atoms with van der Waals surface area (Å²) >= 11 is 0. The van der Waals surface area contributed by atoms with E-state index in [9.17, 15) is 0 Å². The first-order chi connectivity index (χ1) is 13.4. The summed E-state index contributed by atoms with van der Waals surface area (Å²) in [5.41, 5.74) is 9.84. The van der Waals surface area contributed by atoms with E-state index in [1.54, 1.807) is 0 Å². The fraction of sp³-hybridized carbons (Fsp3) is 0.231. The van der Waals surface area contributed by atoms with Crippen molar-refractivity contribution in [3.05, 3.63) is 89.0 Å². The van der Waals surface area contributed by atoms with Gasteiger partial charge in [-0.15, -0.1) is 0 Å². The van der Waals surface area contributed by atoms with E-state index >= 15 is 0 Å². The second-order valence-electron chi connectivity index (χ2n) is 8.53. The van der Waals surface area contributed by atoms with Gasteiger partial charge in [0.1, 0.15) is 5.75 Å². The number of hydrogen-bond donors (Lipinski definition) is 1. The highest BCUT2D eigenvalue weighted by molar-refractivity contribution is 5.90. The summed E-state index contributed by atoms with van der Waals surface area (Å²) in [6.45, 7) is 8.78. The molecule has 0 fully saturated rings. The van der Waals surface area contributed by atoms with Crippen molar-refractivity contribution in [1.29, 1.82) is 0 Å². The Morgan fingerprint density at radius 2 is 1.71 bits per heavy atom. The SMILES string of the molecule is CC1=CC(C)(C)Nc2ccc3c(c21)C(c1cccc(C)c1)Oc1ccccc1-3. The molecular weight excluding hydrogens is 342 g/mol. The monoisotopic (exact) mass is 367 g/mol.